The molecule has 5 nitrogen and oxygen atoms in total. The highest BCUT2D eigenvalue weighted by Gasteiger charge is 2.12. The zero-order valence-corrected chi connectivity index (χ0v) is 12.3. The van der Waals surface area contributed by atoms with Crippen LogP contribution in [0.25, 0.3) is 0 Å². The average molecular weight is 334 g/mol. The van der Waals surface area contributed by atoms with Gasteiger partial charge >= 0.3 is 0 Å². The molecule has 1 aromatic heterocycles. The zero-order chi connectivity index (χ0) is 14.5. The molecule has 0 radical (unpaired) electrons. The topological polar surface area (TPSA) is 71.1 Å². The van der Waals surface area contributed by atoms with E-state index in [2.05, 4.69) is 31.5 Å². The largest absolute Gasteiger partial charge is 0.326 e. The van der Waals surface area contributed by atoms with Crippen LogP contribution in [0, 0.1) is 0 Å². The number of nitrogens with zero attached hydrogens (tertiary/aromatic N) is 1. The predicted octanol–water partition coefficient (Wildman–Crippen LogP) is 3.05. The van der Waals surface area contributed by atoms with Crippen LogP contribution in [0.4, 0.5) is 11.5 Å². The van der Waals surface area contributed by atoms with Crippen molar-refractivity contribution >= 4 is 39.2 Å². The molecule has 2 aromatic rings. The molecule has 0 aliphatic rings. The molecule has 0 atom stereocenters. The van der Waals surface area contributed by atoms with Gasteiger partial charge in [0.2, 0.25) is 5.91 Å². The second-order valence-corrected chi connectivity index (χ2v) is 4.96. The third kappa shape index (κ3) is 3.64. The normalized spacial score (nSPS) is 9.90. The highest BCUT2D eigenvalue weighted by Crippen LogP contribution is 2.17. The van der Waals surface area contributed by atoms with Crippen LogP contribution in [-0.2, 0) is 4.79 Å². The monoisotopic (exact) mass is 333 g/mol. The maximum Gasteiger partial charge on any atom is 0.258 e. The second kappa shape index (κ2) is 6.29. The number of carbonyl (C=O) groups excluding carboxylic acids is 2. The van der Waals surface area contributed by atoms with Crippen LogP contribution in [0.1, 0.15) is 17.3 Å². The zero-order valence-electron chi connectivity index (χ0n) is 10.7. The number of pyridine rings is 1. The van der Waals surface area contributed by atoms with Crippen LogP contribution in [0.15, 0.2) is 47.1 Å². The smallest absolute Gasteiger partial charge is 0.258 e. The highest BCUT2D eigenvalue weighted by molar-refractivity contribution is 9.10. The van der Waals surface area contributed by atoms with Gasteiger partial charge in [0.25, 0.3) is 5.91 Å². The van der Waals surface area contributed by atoms with Gasteiger partial charge in [0.15, 0.2) is 0 Å². The minimum absolute atomic E-state index is 0.230. The summed E-state index contributed by atoms with van der Waals surface area (Å²) in [5.74, 6) is -0.119. The van der Waals surface area contributed by atoms with Gasteiger partial charge in [-0.3, -0.25) is 9.59 Å². The van der Waals surface area contributed by atoms with Gasteiger partial charge in [0.1, 0.15) is 5.82 Å². The Hall–Kier alpha value is -2.21. The number of anilines is 2. The molecule has 0 bridgehead atoms. The summed E-state index contributed by atoms with van der Waals surface area (Å²) in [6, 6.07) is 10.3. The maximum atomic E-state index is 12.2. The Morgan fingerprint density at radius 2 is 1.85 bits per heavy atom. The van der Waals surface area contributed by atoms with Crippen molar-refractivity contribution in [3.63, 3.8) is 0 Å². The standard InChI is InChI=1S/C14H12BrN3O2/c1-9(19)17-12-5-3-2-4-11(12)14(20)18-13-7-6-10(15)8-16-13/h2-8H,1H3,(H,17,19)(H,16,18,20). The Morgan fingerprint density at radius 3 is 2.50 bits per heavy atom. The minimum Gasteiger partial charge on any atom is -0.326 e. The molecule has 0 aliphatic heterocycles. The third-order valence-electron chi connectivity index (χ3n) is 2.45. The molecule has 2 rings (SSSR count). The number of aromatic nitrogens is 1. The number of para-hydroxylation sites is 1. The molecule has 0 spiro atoms. The number of halogens is 1. The lowest BCUT2D eigenvalue weighted by Gasteiger charge is -2.09. The summed E-state index contributed by atoms with van der Waals surface area (Å²) < 4.78 is 0.828. The van der Waals surface area contributed by atoms with E-state index in [9.17, 15) is 9.59 Å². The van der Waals surface area contributed by atoms with Crippen molar-refractivity contribution in [2.24, 2.45) is 0 Å². The number of hydrogen-bond acceptors (Lipinski definition) is 3. The van der Waals surface area contributed by atoms with Crippen LogP contribution in [0.2, 0.25) is 0 Å². The van der Waals surface area contributed by atoms with E-state index in [-0.39, 0.29) is 11.8 Å². The van der Waals surface area contributed by atoms with Gasteiger partial charge in [0, 0.05) is 17.6 Å². The van der Waals surface area contributed by atoms with Crippen molar-refractivity contribution < 1.29 is 9.59 Å². The highest BCUT2D eigenvalue weighted by atomic mass is 79.9. The summed E-state index contributed by atoms with van der Waals surface area (Å²) in [5.41, 5.74) is 0.849. The van der Waals surface area contributed by atoms with Gasteiger partial charge in [-0.1, -0.05) is 12.1 Å². The lowest BCUT2D eigenvalue weighted by molar-refractivity contribution is -0.114. The summed E-state index contributed by atoms with van der Waals surface area (Å²) >= 11 is 3.27. The van der Waals surface area contributed by atoms with E-state index in [1.807, 2.05) is 0 Å². The second-order valence-electron chi connectivity index (χ2n) is 4.04. The maximum absolute atomic E-state index is 12.2. The quantitative estimate of drug-likeness (QED) is 0.906. The molecule has 0 fully saturated rings. The van der Waals surface area contributed by atoms with E-state index in [4.69, 9.17) is 0 Å². The first-order valence-electron chi connectivity index (χ1n) is 5.86. The van der Waals surface area contributed by atoms with Crippen LogP contribution < -0.4 is 10.6 Å². The molecule has 0 saturated carbocycles. The van der Waals surface area contributed by atoms with E-state index < -0.39 is 0 Å². The molecule has 1 heterocycles. The van der Waals surface area contributed by atoms with Gasteiger partial charge in [0.05, 0.1) is 11.3 Å². The van der Waals surface area contributed by atoms with Crippen molar-refractivity contribution in [2.45, 2.75) is 6.92 Å². The first kappa shape index (κ1) is 14.2. The van der Waals surface area contributed by atoms with Crippen LogP contribution in [-0.4, -0.2) is 16.8 Å². The molecular formula is C14H12BrN3O2. The lowest BCUT2D eigenvalue weighted by atomic mass is 10.1. The first-order chi connectivity index (χ1) is 9.56. The fourth-order valence-corrected chi connectivity index (χ4v) is 1.85. The van der Waals surface area contributed by atoms with Gasteiger partial charge in [-0.25, -0.2) is 4.98 Å². The minimum atomic E-state index is -0.329. The Kier molecular flexibility index (Phi) is 4.47. The summed E-state index contributed by atoms with van der Waals surface area (Å²) in [6.45, 7) is 1.39. The van der Waals surface area contributed by atoms with Crippen molar-refractivity contribution in [2.75, 3.05) is 10.6 Å². The van der Waals surface area contributed by atoms with Crippen molar-refractivity contribution in [1.29, 1.82) is 0 Å². The average Bonchev–Trinajstić information content (AvgIpc) is 2.41. The lowest BCUT2D eigenvalue weighted by Crippen LogP contribution is -2.17. The van der Waals surface area contributed by atoms with Gasteiger partial charge in [-0.15, -0.1) is 0 Å². The number of hydrogen-bond donors (Lipinski definition) is 2. The van der Waals surface area contributed by atoms with Gasteiger partial charge < -0.3 is 10.6 Å². The Morgan fingerprint density at radius 1 is 1.10 bits per heavy atom. The fourth-order valence-electron chi connectivity index (χ4n) is 1.61. The summed E-state index contributed by atoms with van der Waals surface area (Å²) in [4.78, 5) is 27.4. The fraction of sp³-hybridized carbons (Fsp3) is 0.0714. The molecular weight excluding hydrogens is 322 g/mol. The summed E-state index contributed by atoms with van der Waals surface area (Å²) in [7, 11) is 0. The molecule has 102 valence electrons. The van der Waals surface area contributed by atoms with Gasteiger partial charge in [-0.2, -0.15) is 0 Å². The SMILES string of the molecule is CC(=O)Nc1ccccc1C(=O)Nc1ccc(Br)cn1. The summed E-state index contributed by atoms with van der Waals surface area (Å²) in [5, 5.41) is 5.30. The Balaban J connectivity index is 2.20. The van der Waals surface area contributed by atoms with E-state index in [1.54, 1.807) is 42.6 Å². The Bertz CT molecular complexity index is 641. The number of amides is 2. The number of nitrogens with one attached hydrogen (secondary N) is 2. The van der Waals surface area contributed by atoms with Crippen LogP contribution in [0.5, 0.6) is 0 Å². The van der Waals surface area contributed by atoms with Crippen molar-refractivity contribution in [3.05, 3.63) is 52.6 Å². The van der Waals surface area contributed by atoms with E-state index in [0.29, 0.717) is 17.1 Å². The summed E-state index contributed by atoms with van der Waals surface area (Å²) in [6.07, 6.45) is 1.59. The number of carbonyl (C=O) groups is 2. The molecule has 6 heteroatoms. The third-order valence-corrected chi connectivity index (χ3v) is 2.92. The molecule has 0 unspecified atom stereocenters. The number of rotatable bonds is 3. The van der Waals surface area contributed by atoms with E-state index in [0.717, 1.165) is 4.47 Å². The van der Waals surface area contributed by atoms with Crippen molar-refractivity contribution in [1.82, 2.24) is 4.98 Å². The van der Waals surface area contributed by atoms with Gasteiger partial charge in [-0.05, 0) is 40.2 Å². The molecule has 1 aromatic carbocycles. The number of benzene rings is 1. The predicted molar refractivity (Wildman–Crippen MR) is 80.6 cm³/mol. The van der Waals surface area contributed by atoms with E-state index >= 15 is 0 Å². The van der Waals surface area contributed by atoms with E-state index in [1.165, 1.54) is 6.92 Å². The van der Waals surface area contributed by atoms with Crippen molar-refractivity contribution in [3.8, 4) is 0 Å². The van der Waals surface area contributed by atoms with Crippen LogP contribution >= 0.6 is 15.9 Å². The molecule has 0 aliphatic carbocycles. The Labute approximate surface area is 124 Å². The first-order valence-corrected chi connectivity index (χ1v) is 6.65. The van der Waals surface area contributed by atoms with Crippen LogP contribution in [0.3, 0.4) is 0 Å². The molecule has 2 amide bonds. The molecule has 2 N–H and O–H groups in total. The molecule has 20 heavy (non-hydrogen) atoms. The molecule has 0 saturated heterocycles.